The molecular weight excluding hydrogens is 947 g/mol. The van der Waals surface area contributed by atoms with Crippen molar-refractivity contribution in [3.05, 3.63) is 47.6 Å². The topological polar surface area (TPSA) is 386 Å². The number of aromatic nitrogens is 4. The Hall–Kier alpha value is -6.21. The number of nitrogens with zero attached hydrogens (tertiary/aromatic N) is 4. The van der Waals surface area contributed by atoms with Gasteiger partial charge in [0.05, 0.1) is 34.3 Å². The Morgan fingerprint density at radius 3 is 1.24 bits per heavy atom. The zero-order chi connectivity index (χ0) is 49.9. The molecule has 0 aliphatic rings. The number of halogens is 6. The average molecular weight is 989 g/mol. The van der Waals surface area contributed by atoms with E-state index in [-0.39, 0.29) is 0 Å². The highest BCUT2D eigenvalue weighted by Crippen LogP contribution is 2.38. The molecule has 31 heteroatoms. The van der Waals surface area contributed by atoms with Crippen LogP contribution in [-0.4, -0.2) is 142 Å². The lowest BCUT2D eigenvalue weighted by molar-refractivity contribution is -0.142. The van der Waals surface area contributed by atoms with E-state index in [1.807, 2.05) is 10.6 Å². The number of rotatable bonds is 28. The number of nitrogens with two attached hydrogens (primary N) is 2. The normalized spacial score (nSPS) is 14.3. The van der Waals surface area contributed by atoms with Gasteiger partial charge < -0.3 is 53.2 Å². The molecule has 6 atom stereocenters. The van der Waals surface area contributed by atoms with Crippen LogP contribution < -0.4 is 32.7 Å². The molecule has 2 rings (SSSR count). The van der Waals surface area contributed by atoms with E-state index in [9.17, 15) is 69.5 Å². The Morgan fingerprint density at radius 1 is 0.591 bits per heavy atom. The second-order valence-electron chi connectivity index (χ2n) is 13.7. The van der Waals surface area contributed by atoms with Crippen molar-refractivity contribution >= 4 is 76.8 Å². The summed E-state index contributed by atoms with van der Waals surface area (Å²) in [6.07, 6.45) is -11.5. The van der Waals surface area contributed by atoms with Gasteiger partial charge in [-0.15, -0.1) is 23.5 Å². The van der Waals surface area contributed by atoms with Crippen molar-refractivity contribution in [2.45, 2.75) is 85.5 Å². The first-order valence-electron chi connectivity index (χ1n) is 18.8. The molecule has 0 bridgehead atoms. The molecule has 2 heterocycles. The highest BCUT2D eigenvalue weighted by molar-refractivity contribution is 7.99. The largest absolute Gasteiger partial charge is 0.480 e. The minimum atomic E-state index is -5.08. The van der Waals surface area contributed by atoms with Gasteiger partial charge in [0, 0.05) is 49.6 Å². The van der Waals surface area contributed by atoms with Crippen molar-refractivity contribution in [2.24, 2.45) is 11.5 Å². The third kappa shape index (κ3) is 20.3. The fourth-order valence-corrected chi connectivity index (χ4v) is 7.55. The highest BCUT2D eigenvalue weighted by atomic mass is 32.2. The zero-order valence-corrected chi connectivity index (χ0v) is 35.5. The van der Waals surface area contributed by atoms with E-state index in [1.165, 1.54) is 0 Å². The number of carboxylic acid groups (broad SMARTS) is 4. The first kappa shape index (κ1) is 55.9. The number of ketones is 1. The minimum Gasteiger partial charge on any atom is -0.480 e. The van der Waals surface area contributed by atoms with Gasteiger partial charge in [-0.25, -0.2) is 9.97 Å². The van der Waals surface area contributed by atoms with Crippen LogP contribution in [0.25, 0.3) is 0 Å². The van der Waals surface area contributed by atoms with Crippen molar-refractivity contribution in [3.8, 4) is 0 Å². The molecule has 2 aromatic heterocycles. The van der Waals surface area contributed by atoms with Crippen molar-refractivity contribution < 1.29 is 89.9 Å². The summed E-state index contributed by atoms with van der Waals surface area (Å²) in [6, 6.07) is -6.39. The van der Waals surface area contributed by atoms with E-state index in [1.54, 1.807) is 0 Å². The number of carbonyl (C=O) groups is 9. The van der Waals surface area contributed by atoms with E-state index in [2.05, 4.69) is 30.6 Å². The quantitative estimate of drug-likeness (QED) is 0.0487. The summed E-state index contributed by atoms with van der Waals surface area (Å²) in [5.41, 5.74) is 6.69. The number of carboxylic acids is 4. The summed E-state index contributed by atoms with van der Waals surface area (Å²) < 4.78 is 82.6. The zero-order valence-electron chi connectivity index (χ0n) is 33.8. The lowest BCUT2D eigenvalue weighted by atomic mass is 10.1. The molecule has 364 valence electrons. The molecule has 4 amide bonds. The molecule has 0 saturated carbocycles. The first-order valence-corrected chi connectivity index (χ1v) is 20.8. The van der Waals surface area contributed by atoms with Gasteiger partial charge in [0.15, 0.2) is 11.4 Å². The van der Waals surface area contributed by atoms with E-state index < -0.39 is 186 Å². The lowest BCUT2D eigenvalue weighted by Gasteiger charge is -2.23. The van der Waals surface area contributed by atoms with Crippen molar-refractivity contribution in [1.29, 1.82) is 0 Å². The molecule has 0 spiro atoms. The van der Waals surface area contributed by atoms with Crippen LogP contribution in [0.5, 0.6) is 0 Å². The number of carbonyl (C=O) groups excluding carboxylic acids is 5. The summed E-state index contributed by atoms with van der Waals surface area (Å²) in [6.45, 7) is -1.94. The van der Waals surface area contributed by atoms with Crippen molar-refractivity contribution in [1.82, 2.24) is 41.2 Å². The number of thioether (sulfide) groups is 2. The highest BCUT2D eigenvalue weighted by Gasteiger charge is 2.37. The molecule has 0 radical (unpaired) electrons. The van der Waals surface area contributed by atoms with Crippen LogP contribution in [0.4, 0.5) is 26.3 Å². The van der Waals surface area contributed by atoms with Gasteiger partial charge in [-0.2, -0.15) is 26.3 Å². The molecule has 0 aromatic carbocycles. The number of aliphatic carboxylic acids is 4. The number of Topliss-reactive ketones (excluding diaryl/α,β-unsaturated/α-hetero) is 1. The Bertz CT molecular complexity index is 1950. The van der Waals surface area contributed by atoms with E-state index in [0.29, 0.717) is 35.9 Å². The SMILES string of the molecule is N[C@H](CCC(=O)N[C@@H](CSC(CC(=O)CC(SC[C@H](NC(=O)CC[C@H](N)C(=O)O)C(=O)NCC(=O)O)c1cncc(C(F)(F)F)n1)c1cncc(C(F)(F)F)n1)C(=O)NCC(=O)O)C(=O)O. The van der Waals surface area contributed by atoms with Gasteiger partial charge in [-0.05, 0) is 12.8 Å². The van der Waals surface area contributed by atoms with Crippen LogP contribution in [0, 0.1) is 0 Å². The van der Waals surface area contributed by atoms with Crippen LogP contribution in [0.3, 0.4) is 0 Å². The van der Waals surface area contributed by atoms with Crippen molar-refractivity contribution in [3.63, 3.8) is 0 Å². The van der Waals surface area contributed by atoms with E-state index >= 15 is 0 Å². The van der Waals surface area contributed by atoms with Crippen LogP contribution >= 0.6 is 23.5 Å². The van der Waals surface area contributed by atoms with Crippen molar-refractivity contribution in [2.75, 3.05) is 24.6 Å². The van der Waals surface area contributed by atoms with E-state index in [4.69, 9.17) is 31.9 Å². The molecule has 2 aromatic rings. The predicted octanol–water partition coefficient (Wildman–Crippen LogP) is -0.342. The second kappa shape index (κ2) is 26.1. The van der Waals surface area contributed by atoms with Gasteiger partial charge in [0.25, 0.3) is 0 Å². The Morgan fingerprint density at radius 2 is 0.939 bits per heavy atom. The Labute approximate surface area is 376 Å². The van der Waals surface area contributed by atoms with Crippen LogP contribution in [0.1, 0.15) is 71.8 Å². The van der Waals surface area contributed by atoms with Crippen LogP contribution in [-0.2, 0) is 55.5 Å². The molecule has 0 saturated heterocycles. The van der Waals surface area contributed by atoms with Gasteiger partial charge >= 0.3 is 36.2 Å². The number of hydrogen-bond donors (Lipinski definition) is 10. The molecule has 0 aliphatic carbocycles. The third-order valence-corrected chi connectivity index (χ3v) is 11.1. The summed E-state index contributed by atoms with van der Waals surface area (Å²) in [7, 11) is 0. The maximum atomic E-state index is 13.9. The van der Waals surface area contributed by atoms with Gasteiger partial charge in [-0.3, -0.25) is 53.1 Å². The molecule has 2 unspecified atom stereocenters. The smallest absolute Gasteiger partial charge is 0.434 e. The van der Waals surface area contributed by atoms with Crippen LogP contribution in [0.2, 0.25) is 0 Å². The Balaban J connectivity index is 2.56. The summed E-state index contributed by atoms with van der Waals surface area (Å²) in [5, 5.41) is 41.6. The molecule has 0 aliphatic heterocycles. The fraction of sp³-hybridized carbons (Fsp3) is 0.514. The molecule has 0 fully saturated rings. The summed E-state index contributed by atoms with van der Waals surface area (Å²) in [4.78, 5) is 124. The molecule has 12 N–H and O–H groups in total. The molecular formula is C35H42F6N10O13S2. The summed E-state index contributed by atoms with van der Waals surface area (Å²) >= 11 is 1.06. The number of alkyl halides is 6. The van der Waals surface area contributed by atoms with E-state index in [0.717, 1.165) is 12.4 Å². The predicted molar refractivity (Wildman–Crippen MR) is 214 cm³/mol. The number of nitrogens with one attached hydrogen (secondary N) is 4. The van der Waals surface area contributed by atoms with Gasteiger partial charge in [0.2, 0.25) is 23.6 Å². The number of hydrogen-bond acceptors (Lipinski definition) is 17. The maximum Gasteiger partial charge on any atom is 0.434 e. The number of amides is 4. The fourth-order valence-electron chi connectivity index (χ4n) is 5.06. The van der Waals surface area contributed by atoms with Crippen LogP contribution in [0.15, 0.2) is 24.8 Å². The van der Waals surface area contributed by atoms with Gasteiger partial charge in [-0.1, -0.05) is 0 Å². The molecule has 23 nitrogen and oxygen atoms in total. The van der Waals surface area contributed by atoms with Gasteiger partial charge in [0.1, 0.15) is 43.0 Å². The summed E-state index contributed by atoms with van der Waals surface area (Å²) in [5.74, 6) is -12.4. The Kier molecular flexibility index (Phi) is 22.1. The standard InChI is InChI=1S/C35H42F6N10O13S2/c36-34(37,38)24-9-44-7-18(48-24)22(65-13-20(30(59)46-11-28(55)56)50-26(53)3-1-16(42)32(61)62)5-15(52)6-23(19-8-45-10-25(49-19)35(39,40)41)66-14-21(31(60)47-12-29(57)58)51-27(54)4-2-17(43)33(63)64/h7-10,16-17,20-23H,1-6,11-14,42-43H2,(H,46,59)(H,47,60)(H,50,53)(H,51,54)(H,55,56)(H,57,58)(H,61,62)(H,63,64)/t16-,17+,20-,21-,22?,23?/m0/s1. The minimum absolute atomic E-state index is 0.346. The monoisotopic (exact) mass is 988 g/mol. The third-order valence-electron chi connectivity index (χ3n) is 8.43. The average Bonchev–Trinajstić information content (AvgIpc) is 3.23. The second-order valence-corrected chi connectivity index (χ2v) is 16.1. The first-order chi connectivity index (χ1) is 30.7. The molecule has 66 heavy (non-hydrogen) atoms. The maximum absolute atomic E-state index is 13.9. The lowest BCUT2D eigenvalue weighted by Crippen LogP contribution is -2.49.